The number of carbonyl (C=O) groups excluding carboxylic acids is 2. The molecular weight excluding hydrogens is 447 g/mol. The SMILES string of the molecule is CC[C@H](C)[C@H]1C(Cc2ccc(F)cc2F)O[C@@H]2Cn3cc(C([NH-])=O)c(=O)c(O)c3C(=O)N12.[Na+]. The van der Waals surface area contributed by atoms with E-state index in [-0.39, 0.29) is 59.7 Å². The van der Waals surface area contributed by atoms with Crippen molar-refractivity contribution in [3.05, 3.63) is 68.8 Å². The van der Waals surface area contributed by atoms with Crippen LogP contribution < -0.4 is 35.0 Å². The number of ether oxygens (including phenoxy) is 1. The standard InChI is InChI=1S/C22H23F2N3O5.Na/c1-3-10(2)17-15(6-11-4-5-12(23)7-14(11)24)32-16-9-26-8-13(21(25)30)19(28)20(29)18(26)22(31)27(16)17;/h4-5,7-8,10,15-17H,3,6,9H2,1-2H3,(H3,25,29,30,31);/q;+1/p-1/t10-,15?,16+,17-;/m0./s1. The number of aromatic nitrogens is 1. The molecule has 1 saturated heterocycles. The van der Waals surface area contributed by atoms with E-state index in [1.165, 1.54) is 15.5 Å². The van der Waals surface area contributed by atoms with Crippen LogP contribution >= 0.6 is 0 Å². The number of hydrogen-bond donors (Lipinski definition) is 1. The van der Waals surface area contributed by atoms with Crippen molar-refractivity contribution in [1.29, 1.82) is 0 Å². The van der Waals surface area contributed by atoms with Gasteiger partial charge in [0.15, 0.2) is 17.7 Å². The van der Waals surface area contributed by atoms with Crippen molar-refractivity contribution in [1.82, 2.24) is 9.47 Å². The van der Waals surface area contributed by atoms with Crippen LogP contribution in [0.15, 0.2) is 29.2 Å². The van der Waals surface area contributed by atoms with E-state index in [4.69, 9.17) is 10.5 Å². The average molecular weight is 469 g/mol. The number of benzene rings is 1. The minimum Gasteiger partial charge on any atom is -0.663 e. The number of nitrogens with zero attached hydrogens (tertiary/aromatic N) is 2. The van der Waals surface area contributed by atoms with Gasteiger partial charge in [0.05, 0.1) is 30.2 Å². The van der Waals surface area contributed by atoms with Crippen LogP contribution in [0.3, 0.4) is 0 Å². The Morgan fingerprint density at radius 2 is 2.03 bits per heavy atom. The van der Waals surface area contributed by atoms with Crippen LogP contribution in [0.2, 0.25) is 0 Å². The fraction of sp³-hybridized carbons (Fsp3) is 0.409. The molecule has 1 aromatic carbocycles. The molecule has 1 fully saturated rings. The van der Waals surface area contributed by atoms with E-state index in [0.29, 0.717) is 6.42 Å². The van der Waals surface area contributed by atoms with Gasteiger partial charge in [-0.2, -0.15) is 0 Å². The molecule has 2 aliphatic rings. The molecule has 0 saturated carbocycles. The minimum atomic E-state index is -1.27. The number of pyridine rings is 1. The summed E-state index contributed by atoms with van der Waals surface area (Å²) in [4.78, 5) is 38.6. The minimum absolute atomic E-state index is 0. The summed E-state index contributed by atoms with van der Waals surface area (Å²) in [5.74, 6) is -4.27. The monoisotopic (exact) mass is 469 g/mol. The molecule has 0 aliphatic carbocycles. The topological polar surface area (TPSA) is 113 Å². The van der Waals surface area contributed by atoms with E-state index >= 15 is 0 Å². The van der Waals surface area contributed by atoms with Crippen molar-refractivity contribution in [3.63, 3.8) is 0 Å². The summed E-state index contributed by atoms with van der Waals surface area (Å²) in [7, 11) is 0. The van der Waals surface area contributed by atoms with E-state index in [1.807, 2.05) is 13.8 Å². The smallest absolute Gasteiger partial charge is 0.663 e. The molecule has 2 amide bonds. The Kier molecular flexibility index (Phi) is 7.33. The third-order valence-corrected chi connectivity index (χ3v) is 6.30. The summed E-state index contributed by atoms with van der Waals surface area (Å²) < 4.78 is 35.0. The van der Waals surface area contributed by atoms with Crippen molar-refractivity contribution in [2.75, 3.05) is 0 Å². The van der Waals surface area contributed by atoms with Crippen molar-refractivity contribution in [2.24, 2.45) is 5.92 Å². The van der Waals surface area contributed by atoms with E-state index < -0.39 is 58.6 Å². The maximum Gasteiger partial charge on any atom is 1.00 e. The molecule has 0 bridgehead atoms. The molecule has 8 nitrogen and oxygen atoms in total. The molecule has 2 aromatic rings. The molecule has 2 N–H and O–H groups in total. The van der Waals surface area contributed by atoms with Gasteiger partial charge in [-0.25, -0.2) is 8.78 Å². The van der Waals surface area contributed by atoms with Crippen LogP contribution in [-0.2, 0) is 17.7 Å². The first kappa shape index (κ1) is 25.4. The van der Waals surface area contributed by atoms with E-state index in [2.05, 4.69) is 0 Å². The average Bonchev–Trinajstić information content (AvgIpc) is 3.10. The van der Waals surface area contributed by atoms with Crippen LogP contribution in [0.1, 0.15) is 46.7 Å². The fourth-order valence-electron chi connectivity index (χ4n) is 4.54. The summed E-state index contributed by atoms with van der Waals surface area (Å²) in [6.07, 6.45) is 0.463. The normalized spacial score (nSPS) is 22.4. The van der Waals surface area contributed by atoms with Crippen LogP contribution in [0, 0.1) is 17.6 Å². The fourth-order valence-corrected chi connectivity index (χ4v) is 4.54. The summed E-state index contributed by atoms with van der Waals surface area (Å²) in [6, 6.07) is 2.80. The molecule has 33 heavy (non-hydrogen) atoms. The Labute approximate surface area is 210 Å². The maximum absolute atomic E-state index is 14.3. The molecule has 3 heterocycles. The Balaban J connectivity index is 0.00000306. The third kappa shape index (κ3) is 4.32. The van der Waals surface area contributed by atoms with E-state index in [0.717, 1.165) is 18.3 Å². The molecule has 170 valence electrons. The zero-order valence-electron chi connectivity index (χ0n) is 18.5. The molecule has 4 atom stereocenters. The Hall–Kier alpha value is -2.27. The largest absolute Gasteiger partial charge is 1.00 e. The van der Waals surface area contributed by atoms with Gasteiger partial charge in [0.25, 0.3) is 5.91 Å². The third-order valence-electron chi connectivity index (χ3n) is 6.30. The number of hydrogen-bond acceptors (Lipinski definition) is 5. The Bertz CT molecular complexity index is 1170. The zero-order chi connectivity index (χ0) is 23.3. The summed E-state index contributed by atoms with van der Waals surface area (Å²) in [5, 5.41) is 10.4. The molecule has 0 radical (unpaired) electrons. The first-order valence-electron chi connectivity index (χ1n) is 10.3. The van der Waals surface area contributed by atoms with Crippen LogP contribution in [0.4, 0.5) is 8.78 Å². The first-order chi connectivity index (χ1) is 15.1. The van der Waals surface area contributed by atoms with Crippen molar-refractivity contribution < 1.29 is 57.8 Å². The number of carbonyl (C=O) groups is 2. The summed E-state index contributed by atoms with van der Waals surface area (Å²) in [5.41, 5.74) is 5.57. The van der Waals surface area contributed by atoms with Gasteiger partial charge in [0.1, 0.15) is 11.6 Å². The second kappa shape index (κ2) is 9.54. The number of amides is 2. The van der Waals surface area contributed by atoms with E-state index in [1.54, 1.807) is 0 Å². The summed E-state index contributed by atoms with van der Waals surface area (Å²) in [6.45, 7) is 3.87. The molecule has 1 unspecified atom stereocenters. The Morgan fingerprint density at radius 3 is 2.64 bits per heavy atom. The van der Waals surface area contributed by atoms with Gasteiger partial charge in [-0.05, 0) is 17.5 Å². The Morgan fingerprint density at radius 1 is 1.33 bits per heavy atom. The summed E-state index contributed by atoms with van der Waals surface area (Å²) >= 11 is 0. The predicted molar refractivity (Wildman–Crippen MR) is 109 cm³/mol. The molecule has 4 rings (SSSR count). The van der Waals surface area contributed by atoms with Crippen LogP contribution in [-0.4, -0.2) is 44.8 Å². The van der Waals surface area contributed by atoms with Crippen molar-refractivity contribution >= 4 is 11.8 Å². The van der Waals surface area contributed by atoms with Crippen LogP contribution in [0.25, 0.3) is 5.73 Å². The molecule has 11 heteroatoms. The number of nitrogens with one attached hydrogen (secondary N) is 1. The van der Waals surface area contributed by atoms with Crippen LogP contribution in [0.5, 0.6) is 5.75 Å². The van der Waals surface area contributed by atoms with Gasteiger partial charge in [0.2, 0.25) is 5.43 Å². The van der Waals surface area contributed by atoms with Gasteiger partial charge in [-0.3, -0.25) is 9.59 Å². The first-order valence-corrected chi connectivity index (χ1v) is 10.3. The second-order valence-electron chi connectivity index (χ2n) is 8.21. The van der Waals surface area contributed by atoms with Gasteiger partial charge in [0, 0.05) is 18.7 Å². The van der Waals surface area contributed by atoms with Gasteiger partial charge >= 0.3 is 29.6 Å². The zero-order valence-corrected chi connectivity index (χ0v) is 20.5. The number of fused-ring (bicyclic) bond motifs is 2. The number of rotatable bonds is 5. The molecular formula is C22H22F2N3NaO5. The number of halogens is 2. The van der Waals surface area contributed by atoms with Crippen molar-refractivity contribution in [2.45, 2.75) is 51.6 Å². The van der Waals surface area contributed by atoms with Gasteiger partial charge < -0.3 is 29.8 Å². The quantitative estimate of drug-likeness (QED) is 0.613. The molecule has 2 aliphatic heterocycles. The van der Waals surface area contributed by atoms with Crippen molar-refractivity contribution in [3.8, 4) is 5.75 Å². The maximum atomic E-state index is 14.3. The second-order valence-corrected chi connectivity index (χ2v) is 8.21. The predicted octanol–water partition coefficient (Wildman–Crippen LogP) is -0.133. The number of aromatic hydroxyl groups is 1. The van der Waals surface area contributed by atoms with Gasteiger partial charge in [-0.15, -0.1) is 0 Å². The molecule has 1 aromatic heterocycles. The van der Waals surface area contributed by atoms with E-state index in [9.17, 15) is 28.3 Å². The molecule has 0 spiro atoms. The van der Waals surface area contributed by atoms with Gasteiger partial charge in [-0.1, -0.05) is 26.3 Å².